The molecule has 8 nitrogen and oxygen atoms in total. The Bertz CT molecular complexity index is 1150. The van der Waals surface area contributed by atoms with Gasteiger partial charge in [-0.2, -0.15) is 0 Å². The second-order valence-electron chi connectivity index (χ2n) is 6.30. The van der Waals surface area contributed by atoms with E-state index in [9.17, 15) is 18.5 Å². The molecule has 0 bridgehead atoms. The Hall–Kier alpha value is -3.46. The van der Waals surface area contributed by atoms with Crippen molar-refractivity contribution in [3.05, 3.63) is 81.2 Å². The lowest BCUT2D eigenvalue weighted by Crippen LogP contribution is -2.12. The minimum atomic E-state index is -3.72. The number of aromatic nitrogens is 1. The van der Waals surface area contributed by atoms with Crippen LogP contribution in [0.15, 0.2) is 57.9 Å². The van der Waals surface area contributed by atoms with Crippen LogP contribution in [-0.2, 0) is 16.4 Å². The summed E-state index contributed by atoms with van der Waals surface area (Å²) < 4.78 is 32.6. The highest BCUT2D eigenvalue weighted by atomic mass is 32.2. The standard InChI is InChI=1S/C20H19N3O5S/c1-3-15-4-9-17(10-5-15)22-29(26,27)18-11-6-16(7-12-18)8-13-19-20(23(24)25)14(2)21-28-19/h4-13,22H,3H2,1-2H3. The molecule has 0 amide bonds. The lowest BCUT2D eigenvalue weighted by Gasteiger charge is -2.09. The molecule has 0 atom stereocenters. The number of anilines is 1. The van der Waals surface area contributed by atoms with Gasteiger partial charge in [0.05, 0.1) is 9.82 Å². The molecule has 0 spiro atoms. The number of nitrogens with zero attached hydrogens (tertiary/aromatic N) is 2. The van der Waals surface area contributed by atoms with Crippen molar-refractivity contribution in [3.63, 3.8) is 0 Å². The molecule has 1 aromatic heterocycles. The highest BCUT2D eigenvalue weighted by Gasteiger charge is 2.22. The molecule has 2 aromatic carbocycles. The van der Waals surface area contributed by atoms with E-state index in [1.54, 1.807) is 30.3 Å². The molecule has 0 radical (unpaired) electrons. The topological polar surface area (TPSA) is 115 Å². The Labute approximate surface area is 168 Å². The van der Waals surface area contributed by atoms with Gasteiger partial charge in [0.1, 0.15) is 0 Å². The quantitative estimate of drug-likeness (QED) is 0.453. The van der Waals surface area contributed by atoms with E-state index in [1.165, 1.54) is 25.1 Å². The number of rotatable bonds is 7. The number of nitrogens with one attached hydrogen (secondary N) is 1. The van der Waals surface area contributed by atoms with Gasteiger partial charge in [-0.15, -0.1) is 0 Å². The van der Waals surface area contributed by atoms with E-state index in [-0.39, 0.29) is 22.0 Å². The zero-order chi connectivity index (χ0) is 21.0. The first-order valence-corrected chi connectivity index (χ1v) is 10.3. The van der Waals surface area contributed by atoms with E-state index >= 15 is 0 Å². The number of sulfonamides is 1. The van der Waals surface area contributed by atoms with Gasteiger partial charge in [-0.25, -0.2) is 8.42 Å². The monoisotopic (exact) mass is 413 g/mol. The van der Waals surface area contributed by atoms with E-state index < -0.39 is 14.9 Å². The van der Waals surface area contributed by atoms with Gasteiger partial charge in [-0.3, -0.25) is 14.8 Å². The van der Waals surface area contributed by atoms with Crippen LogP contribution in [0.3, 0.4) is 0 Å². The Balaban J connectivity index is 1.76. The van der Waals surface area contributed by atoms with Crippen molar-refractivity contribution < 1.29 is 17.9 Å². The van der Waals surface area contributed by atoms with Crippen molar-refractivity contribution >= 4 is 33.6 Å². The molecule has 0 aliphatic carbocycles. The van der Waals surface area contributed by atoms with Crippen molar-refractivity contribution in [2.75, 3.05) is 4.72 Å². The number of hydrogen-bond acceptors (Lipinski definition) is 6. The second kappa shape index (κ2) is 8.27. The molecule has 29 heavy (non-hydrogen) atoms. The molecule has 3 rings (SSSR count). The van der Waals surface area contributed by atoms with Gasteiger partial charge in [0.2, 0.25) is 5.76 Å². The molecule has 1 heterocycles. The smallest absolute Gasteiger partial charge is 0.338 e. The molecular weight excluding hydrogens is 394 g/mol. The average molecular weight is 413 g/mol. The van der Waals surface area contributed by atoms with Gasteiger partial charge in [-0.05, 0) is 54.8 Å². The molecule has 0 saturated heterocycles. The first-order chi connectivity index (χ1) is 13.8. The minimum absolute atomic E-state index is 0.0291. The fourth-order valence-electron chi connectivity index (χ4n) is 2.67. The van der Waals surface area contributed by atoms with Crippen LogP contribution in [0.2, 0.25) is 0 Å². The van der Waals surface area contributed by atoms with Gasteiger partial charge in [0.25, 0.3) is 10.0 Å². The molecule has 3 aromatic rings. The maximum atomic E-state index is 12.5. The average Bonchev–Trinajstić information content (AvgIpc) is 3.07. The summed E-state index contributed by atoms with van der Waals surface area (Å²) in [6, 6.07) is 13.3. The van der Waals surface area contributed by atoms with Crippen molar-refractivity contribution in [1.29, 1.82) is 0 Å². The number of benzene rings is 2. The van der Waals surface area contributed by atoms with Gasteiger partial charge < -0.3 is 4.52 Å². The second-order valence-corrected chi connectivity index (χ2v) is 7.98. The fourth-order valence-corrected chi connectivity index (χ4v) is 3.73. The molecule has 0 aliphatic heterocycles. The maximum Gasteiger partial charge on any atom is 0.338 e. The highest BCUT2D eigenvalue weighted by Crippen LogP contribution is 2.25. The normalized spacial score (nSPS) is 11.7. The van der Waals surface area contributed by atoms with E-state index in [0.717, 1.165) is 12.0 Å². The molecule has 1 N–H and O–H groups in total. The molecule has 0 unspecified atom stereocenters. The Morgan fingerprint density at radius 1 is 1.10 bits per heavy atom. The maximum absolute atomic E-state index is 12.5. The van der Waals surface area contributed by atoms with Crippen LogP contribution in [0, 0.1) is 17.0 Å². The summed E-state index contributed by atoms with van der Waals surface area (Å²) in [5.74, 6) is 0.0291. The zero-order valence-electron chi connectivity index (χ0n) is 15.8. The Morgan fingerprint density at radius 3 is 2.34 bits per heavy atom. The van der Waals surface area contributed by atoms with Crippen LogP contribution in [0.5, 0.6) is 0 Å². The van der Waals surface area contributed by atoms with E-state index in [2.05, 4.69) is 9.88 Å². The van der Waals surface area contributed by atoms with Gasteiger partial charge in [0, 0.05) is 5.69 Å². The van der Waals surface area contributed by atoms with Gasteiger partial charge in [-0.1, -0.05) is 42.4 Å². The number of aryl methyl sites for hydroxylation is 2. The lowest BCUT2D eigenvalue weighted by molar-refractivity contribution is -0.386. The SMILES string of the molecule is CCc1ccc(NS(=O)(=O)c2ccc(C=Cc3onc(C)c3[N+](=O)[O-])cc2)cc1. The van der Waals surface area contributed by atoms with E-state index in [0.29, 0.717) is 11.3 Å². The minimum Gasteiger partial charge on any atom is -0.349 e. The van der Waals surface area contributed by atoms with Crippen molar-refractivity contribution in [2.24, 2.45) is 0 Å². The molecule has 0 fully saturated rings. The summed E-state index contributed by atoms with van der Waals surface area (Å²) in [7, 11) is -3.72. The molecule has 9 heteroatoms. The van der Waals surface area contributed by atoms with Crippen LogP contribution in [0.4, 0.5) is 11.4 Å². The lowest BCUT2D eigenvalue weighted by atomic mass is 10.2. The van der Waals surface area contributed by atoms with Crippen molar-refractivity contribution in [2.45, 2.75) is 25.2 Å². The fraction of sp³-hybridized carbons (Fsp3) is 0.150. The summed E-state index contributed by atoms with van der Waals surface area (Å²) in [5, 5.41) is 14.6. The van der Waals surface area contributed by atoms with Gasteiger partial charge in [0.15, 0.2) is 5.69 Å². The number of hydrogen-bond donors (Lipinski definition) is 1. The van der Waals surface area contributed by atoms with Crippen LogP contribution in [-0.4, -0.2) is 18.5 Å². The Kier molecular flexibility index (Phi) is 5.79. The molecule has 0 aliphatic rings. The Morgan fingerprint density at radius 2 is 1.76 bits per heavy atom. The molecule has 0 saturated carbocycles. The summed E-state index contributed by atoms with van der Waals surface area (Å²) in [6.45, 7) is 3.51. The van der Waals surface area contributed by atoms with Crippen LogP contribution >= 0.6 is 0 Å². The summed E-state index contributed by atoms with van der Waals surface area (Å²) in [4.78, 5) is 10.6. The largest absolute Gasteiger partial charge is 0.349 e. The molecule has 150 valence electrons. The summed E-state index contributed by atoms with van der Waals surface area (Å²) in [5.41, 5.74) is 2.25. The first kappa shape index (κ1) is 20.3. The van der Waals surface area contributed by atoms with Crippen LogP contribution in [0.25, 0.3) is 12.2 Å². The van der Waals surface area contributed by atoms with Crippen LogP contribution in [0.1, 0.15) is 29.5 Å². The molecular formula is C20H19N3O5S. The van der Waals surface area contributed by atoms with Crippen molar-refractivity contribution in [3.8, 4) is 0 Å². The highest BCUT2D eigenvalue weighted by molar-refractivity contribution is 7.92. The summed E-state index contributed by atoms with van der Waals surface area (Å²) >= 11 is 0. The predicted octanol–water partition coefficient (Wildman–Crippen LogP) is 4.42. The van der Waals surface area contributed by atoms with E-state index in [1.807, 2.05) is 19.1 Å². The summed E-state index contributed by atoms with van der Waals surface area (Å²) in [6.07, 6.45) is 3.88. The third kappa shape index (κ3) is 4.69. The third-order valence-corrected chi connectivity index (χ3v) is 5.67. The van der Waals surface area contributed by atoms with E-state index in [4.69, 9.17) is 4.52 Å². The predicted molar refractivity (Wildman–Crippen MR) is 110 cm³/mol. The number of nitro groups is 1. The zero-order valence-corrected chi connectivity index (χ0v) is 16.6. The third-order valence-electron chi connectivity index (χ3n) is 4.27. The van der Waals surface area contributed by atoms with Crippen LogP contribution < -0.4 is 4.72 Å². The van der Waals surface area contributed by atoms with Crippen molar-refractivity contribution in [1.82, 2.24) is 5.16 Å². The van der Waals surface area contributed by atoms with Gasteiger partial charge >= 0.3 is 5.69 Å². The first-order valence-electron chi connectivity index (χ1n) is 8.80.